The lowest BCUT2D eigenvalue weighted by Crippen LogP contribution is -2.15. The average Bonchev–Trinajstić information content (AvgIpc) is 2.54. The van der Waals surface area contributed by atoms with Crippen molar-refractivity contribution in [1.29, 1.82) is 0 Å². The molecule has 0 spiro atoms. The molecule has 0 aliphatic carbocycles. The molecule has 1 unspecified atom stereocenters. The molecule has 0 amide bonds. The second-order valence-corrected chi connectivity index (χ2v) is 3.01. The summed E-state index contributed by atoms with van der Waals surface area (Å²) in [6, 6.07) is -0.0773. The van der Waals surface area contributed by atoms with E-state index in [0.717, 1.165) is 25.2 Å². The minimum Gasteiger partial charge on any atom is -0.321 e. The molecule has 72 valence electrons. The normalized spacial score (nSPS) is 12.8. The van der Waals surface area contributed by atoms with Gasteiger partial charge in [0.05, 0.1) is 6.04 Å². The van der Waals surface area contributed by atoms with Gasteiger partial charge in [-0.1, -0.05) is 13.0 Å². The van der Waals surface area contributed by atoms with Crippen molar-refractivity contribution in [2.75, 3.05) is 0 Å². The standard InChI is InChI=1S/C9H16N4/c1-3-5-8(10)9-12-11-7-13(9)6-4-2/h3,7-8H,1,4-6,10H2,2H3. The van der Waals surface area contributed by atoms with Gasteiger partial charge < -0.3 is 10.3 Å². The van der Waals surface area contributed by atoms with Crippen molar-refractivity contribution in [3.8, 4) is 0 Å². The summed E-state index contributed by atoms with van der Waals surface area (Å²) in [5, 5.41) is 7.84. The molecule has 1 aromatic heterocycles. The zero-order chi connectivity index (χ0) is 9.68. The van der Waals surface area contributed by atoms with Gasteiger partial charge in [0.25, 0.3) is 0 Å². The van der Waals surface area contributed by atoms with E-state index in [2.05, 4.69) is 23.7 Å². The van der Waals surface area contributed by atoms with E-state index in [9.17, 15) is 0 Å². The number of hydrogen-bond donors (Lipinski definition) is 1. The van der Waals surface area contributed by atoms with Crippen LogP contribution in [0, 0.1) is 0 Å². The molecule has 1 heterocycles. The van der Waals surface area contributed by atoms with Gasteiger partial charge in [0, 0.05) is 6.54 Å². The fraction of sp³-hybridized carbons (Fsp3) is 0.556. The third kappa shape index (κ3) is 2.39. The Bertz CT molecular complexity index is 266. The first-order valence-electron chi connectivity index (χ1n) is 4.53. The summed E-state index contributed by atoms with van der Waals surface area (Å²) in [5.41, 5.74) is 5.89. The molecule has 1 atom stereocenters. The van der Waals surface area contributed by atoms with Gasteiger partial charge in [-0.25, -0.2) is 0 Å². The van der Waals surface area contributed by atoms with Gasteiger partial charge in [0.2, 0.25) is 0 Å². The summed E-state index contributed by atoms with van der Waals surface area (Å²) in [5.74, 6) is 0.849. The van der Waals surface area contributed by atoms with Crippen LogP contribution in [-0.2, 0) is 6.54 Å². The summed E-state index contributed by atoms with van der Waals surface area (Å²) in [4.78, 5) is 0. The van der Waals surface area contributed by atoms with E-state index in [4.69, 9.17) is 5.73 Å². The van der Waals surface area contributed by atoms with Gasteiger partial charge in [-0.15, -0.1) is 16.8 Å². The van der Waals surface area contributed by atoms with E-state index >= 15 is 0 Å². The van der Waals surface area contributed by atoms with E-state index < -0.39 is 0 Å². The maximum atomic E-state index is 5.89. The number of hydrogen-bond acceptors (Lipinski definition) is 3. The number of rotatable bonds is 5. The first-order chi connectivity index (χ1) is 6.29. The molecule has 0 aromatic carbocycles. The summed E-state index contributed by atoms with van der Waals surface area (Å²) in [6.07, 6.45) is 5.33. The molecular formula is C9H16N4. The lowest BCUT2D eigenvalue weighted by molar-refractivity contribution is 0.580. The molecule has 0 radical (unpaired) electrons. The first kappa shape index (κ1) is 9.92. The zero-order valence-corrected chi connectivity index (χ0v) is 7.98. The van der Waals surface area contributed by atoms with Gasteiger partial charge in [0.15, 0.2) is 0 Å². The van der Waals surface area contributed by atoms with E-state index in [0.29, 0.717) is 0 Å². The monoisotopic (exact) mass is 180 g/mol. The smallest absolute Gasteiger partial charge is 0.150 e. The van der Waals surface area contributed by atoms with Gasteiger partial charge in [-0.3, -0.25) is 0 Å². The predicted molar refractivity (Wildman–Crippen MR) is 52.1 cm³/mol. The lowest BCUT2D eigenvalue weighted by Gasteiger charge is -2.09. The van der Waals surface area contributed by atoms with E-state index in [-0.39, 0.29) is 6.04 Å². The molecule has 0 aliphatic rings. The molecular weight excluding hydrogens is 164 g/mol. The second kappa shape index (κ2) is 4.77. The van der Waals surface area contributed by atoms with Crippen LogP contribution in [0.4, 0.5) is 0 Å². The SMILES string of the molecule is C=CCC(N)c1nncn1CCC. The Kier molecular flexibility index (Phi) is 3.64. The Labute approximate surface area is 78.5 Å². The van der Waals surface area contributed by atoms with Crippen LogP contribution in [-0.4, -0.2) is 14.8 Å². The Morgan fingerprint density at radius 3 is 3.15 bits per heavy atom. The summed E-state index contributed by atoms with van der Waals surface area (Å²) in [7, 11) is 0. The Hall–Kier alpha value is -1.16. The zero-order valence-electron chi connectivity index (χ0n) is 7.98. The number of nitrogens with zero attached hydrogens (tertiary/aromatic N) is 3. The third-order valence-electron chi connectivity index (χ3n) is 1.86. The molecule has 4 nitrogen and oxygen atoms in total. The maximum Gasteiger partial charge on any atom is 0.150 e. The number of nitrogens with two attached hydrogens (primary N) is 1. The highest BCUT2D eigenvalue weighted by molar-refractivity contribution is 4.96. The van der Waals surface area contributed by atoms with E-state index in [1.165, 1.54) is 0 Å². The van der Waals surface area contributed by atoms with Crippen LogP contribution >= 0.6 is 0 Å². The largest absolute Gasteiger partial charge is 0.321 e. The van der Waals surface area contributed by atoms with Gasteiger partial charge >= 0.3 is 0 Å². The van der Waals surface area contributed by atoms with Crippen molar-refractivity contribution in [2.45, 2.75) is 32.4 Å². The quantitative estimate of drug-likeness (QED) is 0.694. The molecule has 4 heteroatoms. The van der Waals surface area contributed by atoms with Crippen molar-refractivity contribution in [1.82, 2.24) is 14.8 Å². The van der Waals surface area contributed by atoms with Crippen LogP contribution in [0.1, 0.15) is 31.6 Å². The van der Waals surface area contributed by atoms with Crippen LogP contribution < -0.4 is 5.73 Å². The molecule has 13 heavy (non-hydrogen) atoms. The minimum atomic E-state index is -0.0773. The van der Waals surface area contributed by atoms with Gasteiger partial charge in [-0.2, -0.15) is 0 Å². The topological polar surface area (TPSA) is 56.7 Å². The fourth-order valence-electron chi connectivity index (χ4n) is 1.25. The van der Waals surface area contributed by atoms with Crippen molar-refractivity contribution in [3.05, 3.63) is 24.8 Å². The molecule has 2 N–H and O–H groups in total. The highest BCUT2D eigenvalue weighted by Gasteiger charge is 2.10. The number of aromatic nitrogens is 3. The molecule has 0 saturated heterocycles. The maximum absolute atomic E-state index is 5.89. The molecule has 0 fully saturated rings. The molecule has 1 rings (SSSR count). The van der Waals surface area contributed by atoms with E-state index in [1.54, 1.807) is 12.4 Å². The van der Waals surface area contributed by atoms with Crippen LogP contribution in [0.3, 0.4) is 0 Å². The predicted octanol–water partition coefficient (Wildman–Crippen LogP) is 1.26. The molecule has 0 aliphatic heterocycles. The average molecular weight is 180 g/mol. The van der Waals surface area contributed by atoms with Gasteiger partial charge in [-0.05, 0) is 12.8 Å². The molecule has 0 bridgehead atoms. The summed E-state index contributed by atoms with van der Waals surface area (Å²) in [6.45, 7) is 6.69. The summed E-state index contributed by atoms with van der Waals surface area (Å²) < 4.78 is 1.99. The van der Waals surface area contributed by atoms with E-state index in [1.807, 2.05) is 4.57 Å². The van der Waals surface area contributed by atoms with Crippen LogP contribution in [0.5, 0.6) is 0 Å². The third-order valence-corrected chi connectivity index (χ3v) is 1.86. The van der Waals surface area contributed by atoms with Crippen LogP contribution in [0.2, 0.25) is 0 Å². The lowest BCUT2D eigenvalue weighted by atomic mass is 10.2. The Morgan fingerprint density at radius 1 is 1.77 bits per heavy atom. The molecule has 0 saturated carbocycles. The highest BCUT2D eigenvalue weighted by Crippen LogP contribution is 2.11. The first-order valence-corrected chi connectivity index (χ1v) is 4.53. The highest BCUT2D eigenvalue weighted by atomic mass is 15.3. The van der Waals surface area contributed by atoms with Crippen molar-refractivity contribution in [3.63, 3.8) is 0 Å². The minimum absolute atomic E-state index is 0.0773. The Morgan fingerprint density at radius 2 is 2.54 bits per heavy atom. The van der Waals surface area contributed by atoms with Crippen molar-refractivity contribution in [2.24, 2.45) is 5.73 Å². The second-order valence-electron chi connectivity index (χ2n) is 3.01. The number of aryl methyl sites for hydroxylation is 1. The molecule has 1 aromatic rings. The van der Waals surface area contributed by atoms with Crippen LogP contribution in [0.15, 0.2) is 19.0 Å². The summed E-state index contributed by atoms with van der Waals surface area (Å²) >= 11 is 0. The van der Waals surface area contributed by atoms with Crippen molar-refractivity contribution >= 4 is 0 Å². The van der Waals surface area contributed by atoms with Gasteiger partial charge in [0.1, 0.15) is 12.2 Å². The van der Waals surface area contributed by atoms with Crippen LogP contribution in [0.25, 0.3) is 0 Å². The fourth-order valence-corrected chi connectivity index (χ4v) is 1.25. The Balaban J connectivity index is 2.73. The van der Waals surface area contributed by atoms with Crippen molar-refractivity contribution < 1.29 is 0 Å².